The number of carboxylic acids is 1. The van der Waals surface area contributed by atoms with E-state index in [1.54, 1.807) is 19.1 Å². The Morgan fingerprint density at radius 2 is 1.93 bits per heavy atom. The lowest BCUT2D eigenvalue weighted by molar-refractivity contribution is -0.145. The molecule has 1 fully saturated rings. The van der Waals surface area contributed by atoms with Gasteiger partial charge < -0.3 is 26.2 Å². The number of likely N-dealkylation sites (tertiary alicyclic amines) is 1. The molecule has 0 aromatic heterocycles. The molecule has 1 aromatic rings. The normalized spacial score (nSPS) is 19.7. The Hall–Kier alpha value is -2.61. The molecule has 0 aliphatic carbocycles. The summed E-state index contributed by atoms with van der Waals surface area (Å²) in [5.41, 5.74) is 6.88. The van der Waals surface area contributed by atoms with Gasteiger partial charge in [0.25, 0.3) is 0 Å². The number of hydrogen-bond acceptors (Lipinski definition) is 5. The minimum Gasteiger partial charge on any atom is -0.508 e. The summed E-state index contributed by atoms with van der Waals surface area (Å²) < 4.78 is 0. The van der Waals surface area contributed by atoms with Crippen molar-refractivity contribution in [1.29, 1.82) is 0 Å². The van der Waals surface area contributed by atoms with Gasteiger partial charge in [0.15, 0.2) is 0 Å². The highest BCUT2D eigenvalue weighted by atomic mass is 16.4. The van der Waals surface area contributed by atoms with Gasteiger partial charge in [0.05, 0.1) is 6.04 Å². The number of rotatable bonds is 8. The van der Waals surface area contributed by atoms with Gasteiger partial charge in [-0.15, -0.1) is 0 Å². The highest BCUT2D eigenvalue weighted by molar-refractivity contribution is 5.92. The summed E-state index contributed by atoms with van der Waals surface area (Å²) in [6.07, 6.45) is 2.05. The van der Waals surface area contributed by atoms with Crippen molar-refractivity contribution in [1.82, 2.24) is 10.2 Å². The average Bonchev–Trinajstić information content (AvgIpc) is 3.16. The van der Waals surface area contributed by atoms with E-state index in [0.29, 0.717) is 25.8 Å². The number of nitrogens with two attached hydrogens (primary N) is 1. The minimum atomic E-state index is -1.08. The predicted octanol–water partition coefficient (Wildman–Crippen LogP) is 0.869. The molecule has 1 heterocycles. The summed E-state index contributed by atoms with van der Waals surface area (Å²) >= 11 is 0. The van der Waals surface area contributed by atoms with Crippen LogP contribution in [-0.2, 0) is 20.8 Å². The van der Waals surface area contributed by atoms with Crippen LogP contribution in [0.1, 0.15) is 38.7 Å². The first-order valence-electron chi connectivity index (χ1n) is 9.61. The van der Waals surface area contributed by atoms with Crippen molar-refractivity contribution in [2.24, 2.45) is 11.7 Å². The summed E-state index contributed by atoms with van der Waals surface area (Å²) in [6.45, 7) is 4.05. The summed E-state index contributed by atoms with van der Waals surface area (Å²) in [6, 6.07) is 3.94. The van der Waals surface area contributed by atoms with Crippen molar-refractivity contribution in [3.63, 3.8) is 0 Å². The number of carboxylic acid groups (broad SMARTS) is 1. The second-order valence-electron chi connectivity index (χ2n) is 7.38. The number of carbonyl (C=O) groups excluding carboxylic acids is 2. The van der Waals surface area contributed by atoms with Crippen LogP contribution in [0.3, 0.4) is 0 Å². The maximum Gasteiger partial charge on any atom is 0.326 e. The van der Waals surface area contributed by atoms with Crippen LogP contribution in [0, 0.1) is 5.92 Å². The standard InChI is InChI=1S/C20H29N3O5/c1-3-12(2)17(20(27)28)22-18(25)16-5-4-10-23(16)19(26)15(21)11-13-6-8-14(24)9-7-13/h6-9,12,15-17,24H,3-5,10-11,21H2,1-2H3,(H,22,25)(H,27,28)/t12-,15-,16-,17-/m0/s1. The first kappa shape index (κ1) is 21.7. The van der Waals surface area contributed by atoms with Crippen LogP contribution in [0.5, 0.6) is 5.75 Å². The first-order chi connectivity index (χ1) is 13.2. The Labute approximate surface area is 164 Å². The third kappa shape index (κ3) is 5.22. The Kier molecular flexibility index (Phi) is 7.39. The van der Waals surface area contributed by atoms with E-state index in [1.165, 1.54) is 17.0 Å². The number of amides is 2. The smallest absolute Gasteiger partial charge is 0.326 e. The van der Waals surface area contributed by atoms with Crippen LogP contribution in [0.2, 0.25) is 0 Å². The second-order valence-corrected chi connectivity index (χ2v) is 7.38. The molecule has 0 saturated carbocycles. The topological polar surface area (TPSA) is 133 Å². The van der Waals surface area contributed by atoms with Gasteiger partial charge in [0, 0.05) is 6.54 Å². The molecule has 8 heteroatoms. The van der Waals surface area contributed by atoms with Gasteiger partial charge in [-0.25, -0.2) is 4.79 Å². The monoisotopic (exact) mass is 391 g/mol. The second kappa shape index (κ2) is 9.54. The number of hydrogen-bond donors (Lipinski definition) is 4. The number of aromatic hydroxyl groups is 1. The Morgan fingerprint density at radius 1 is 1.29 bits per heavy atom. The van der Waals surface area contributed by atoms with Crippen LogP contribution >= 0.6 is 0 Å². The molecule has 1 saturated heterocycles. The molecule has 8 nitrogen and oxygen atoms in total. The largest absolute Gasteiger partial charge is 0.508 e. The van der Waals surface area contributed by atoms with Crippen LogP contribution in [0.4, 0.5) is 0 Å². The van der Waals surface area contributed by atoms with E-state index in [0.717, 1.165) is 5.56 Å². The zero-order valence-corrected chi connectivity index (χ0v) is 16.3. The molecular weight excluding hydrogens is 362 g/mol. The first-order valence-corrected chi connectivity index (χ1v) is 9.61. The van der Waals surface area contributed by atoms with Crippen molar-refractivity contribution < 1.29 is 24.6 Å². The third-order valence-electron chi connectivity index (χ3n) is 5.32. The fraction of sp³-hybridized carbons (Fsp3) is 0.550. The Morgan fingerprint density at radius 3 is 2.50 bits per heavy atom. The lowest BCUT2D eigenvalue weighted by Crippen LogP contribution is -2.55. The average molecular weight is 391 g/mol. The molecular formula is C20H29N3O5. The van der Waals surface area contributed by atoms with Crippen molar-refractivity contribution in [2.75, 3.05) is 6.54 Å². The zero-order chi connectivity index (χ0) is 20.8. The van der Waals surface area contributed by atoms with Crippen molar-refractivity contribution in [3.8, 4) is 5.75 Å². The van der Waals surface area contributed by atoms with E-state index in [9.17, 15) is 24.6 Å². The van der Waals surface area contributed by atoms with Gasteiger partial charge in [-0.05, 0) is 42.9 Å². The van der Waals surface area contributed by atoms with Gasteiger partial charge in [0.1, 0.15) is 17.8 Å². The quantitative estimate of drug-likeness (QED) is 0.520. The fourth-order valence-corrected chi connectivity index (χ4v) is 3.42. The van der Waals surface area contributed by atoms with Crippen LogP contribution in [0.25, 0.3) is 0 Å². The maximum atomic E-state index is 12.8. The number of phenolic OH excluding ortho intramolecular Hbond substituents is 1. The van der Waals surface area contributed by atoms with Gasteiger partial charge in [-0.2, -0.15) is 0 Å². The number of aliphatic carboxylic acids is 1. The van der Waals surface area contributed by atoms with Gasteiger partial charge >= 0.3 is 5.97 Å². The fourth-order valence-electron chi connectivity index (χ4n) is 3.42. The lowest BCUT2D eigenvalue weighted by atomic mass is 9.98. The number of carbonyl (C=O) groups is 3. The van der Waals surface area contributed by atoms with E-state index in [2.05, 4.69) is 5.32 Å². The summed E-state index contributed by atoms with van der Waals surface area (Å²) in [4.78, 5) is 38.4. The third-order valence-corrected chi connectivity index (χ3v) is 5.32. The van der Waals surface area contributed by atoms with E-state index in [-0.39, 0.29) is 24.0 Å². The van der Waals surface area contributed by atoms with E-state index in [1.807, 2.05) is 6.92 Å². The van der Waals surface area contributed by atoms with E-state index < -0.39 is 30.0 Å². The Bertz CT molecular complexity index is 706. The number of phenols is 1. The van der Waals surface area contributed by atoms with E-state index >= 15 is 0 Å². The summed E-state index contributed by atoms with van der Waals surface area (Å²) in [5.74, 6) is -1.95. The van der Waals surface area contributed by atoms with Crippen molar-refractivity contribution in [2.45, 2.75) is 57.7 Å². The van der Waals surface area contributed by atoms with Gasteiger partial charge in [-0.3, -0.25) is 9.59 Å². The molecule has 0 unspecified atom stereocenters. The molecule has 0 spiro atoms. The van der Waals surface area contributed by atoms with Crippen LogP contribution < -0.4 is 11.1 Å². The van der Waals surface area contributed by atoms with Gasteiger partial charge in [0.2, 0.25) is 11.8 Å². The highest BCUT2D eigenvalue weighted by Crippen LogP contribution is 2.20. The SMILES string of the molecule is CC[C@H](C)[C@H](NC(=O)[C@@H]1CCCN1C(=O)[C@@H](N)Cc1ccc(O)cc1)C(=O)O. The summed E-state index contributed by atoms with van der Waals surface area (Å²) in [7, 11) is 0. The highest BCUT2D eigenvalue weighted by Gasteiger charge is 2.38. The molecule has 5 N–H and O–H groups in total. The molecule has 2 amide bonds. The molecule has 1 aromatic carbocycles. The Balaban J connectivity index is 2.03. The molecule has 0 radical (unpaired) electrons. The summed E-state index contributed by atoms with van der Waals surface area (Å²) in [5, 5.41) is 21.3. The molecule has 28 heavy (non-hydrogen) atoms. The lowest BCUT2D eigenvalue weighted by Gasteiger charge is -2.29. The van der Waals surface area contributed by atoms with Crippen LogP contribution in [0.15, 0.2) is 24.3 Å². The minimum absolute atomic E-state index is 0.134. The molecule has 154 valence electrons. The van der Waals surface area contributed by atoms with Crippen molar-refractivity contribution >= 4 is 17.8 Å². The van der Waals surface area contributed by atoms with Crippen LogP contribution in [-0.4, -0.2) is 57.6 Å². The molecule has 1 aliphatic rings. The number of benzene rings is 1. The number of nitrogens with one attached hydrogen (secondary N) is 1. The molecule has 0 bridgehead atoms. The zero-order valence-electron chi connectivity index (χ0n) is 16.3. The molecule has 1 aliphatic heterocycles. The van der Waals surface area contributed by atoms with Crippen molar-refractivity contribution in [3.05, 3.63) is 29.8 Å². The molecule has 2 rings (SSSR count). The number of nitrogens with zero attached hydrogens (tertiary/aromatic N) is 1. The van der Waals surface area contributed by atoms with Gasteiger partial charge in [-0.1, -0.05) is 32.4 Å². The maximum absolute atomic E-state index is 12.8. The van der Waals surface area contributed by atoms with E-state index in [4.69, 9.17) is 5.73 Å². The predicted molar refractivity (Wildman–Crippen MR) is 104 cm³/mol. The molecule has 4 atom stereocenters.